The Labute approximate surface area is 183 Å². The molecule has 31 heavy (non-hydrogen) atoms. The van der Waals surface area contributed by atoms with Crippen molar-refractivity contribution in [1.29, 1.82) is 0 Å². The number of halogens is 1. The molecule has 2 aromatic heterocycles. The van der Waals surface area contributed by atoms with E-state index in [-0.39, 0.29) is 23.6 Å². The Morgan fingerprint density at radius 1 is 1.32 bits per heavy atom. The Morgan fingerprint density at radius 3 is 2.81 bits per heavy atom. The molecular weight excluding hydrogens is 417 g/mol. The molecule has 6 nitrogen and oxygen atoms in total. The van der Waals surface area contributed by atoms with E-state index in [9.17, 15) is 14.0 Å². The number of carbonyl (C=O) groups excluding carboxylic acids is 2. The van der Waals surface area contributed by atoms with Gasteiger partial charge >= 0.3 is 0 Å². The van der Waals surface area contributed by atoms with Gasteiger partial charge in [-0.15, -0.1) is 11.3 Å². The summed E-state index contributed by atoms with van der Waals surface area (Å²) in [7, 11) is 0. The number of thiophene rings is 1. The summed E-state index contributed by atoms with van der Waals surface area (Å²) in [5, 5.41) is 10.0. The molecule has 0 radical (unpaired) electrons. The number of ether oxygens (including phenoxy) is 1. The summed E-state index contributed by atoms with van der Waals surface area (Å²) in [6, 6.07) is 6.47. The lowest BCUT2D eigenvalue weighted by molar-refractivity contribution is -0.121. The fraction of sp³-hybridized carbons (Fsp3) is 0.348. The standard InChI is InChI=1S/C23H24FN3O3S/c1-12-18(13(2)27-26-12)4-7-22(29)25-11-17-9-15-8-16(24)10-19(23(15)30-17)21-6-5-20(31-21)14(3)28/h5-6,8,10,17H,4,7,9,11H2,1-3H3,(H,25,29)(H,26,27)/t17-/m0/s1. The fourth-order valence-electron chi connectivity index (χ4n) is 3.86. The predicted molar refractivity (Wildman–Crippen MR) is 117 cm³/mol. The number of H-pyrrole nitrogens is 1. The molecule has 0 saturated carbocycles. The summed E-state index contributed by atoms with van der Waals surface area (Å²) in [6.07, 6.45) is 1.25. The van der Waals surface area contributed by atoms with Crippen molar-refractivity contribution in [1.82, 2.24) is 15.5 Å². The first-order chi connectivity index (χ1) is 14.8. The molecular formula is C23H24FN3O3S. The summed E-state index contributed by atoms with van der Waals surface area (Å²) in [4.78, 5) is 25.3. The Kier molecular flexibility index (Phi) is 5.91. The maximum absolute atomic E-state index is 14.2. The average molecular weight is 442 g/mol. The number of aryl methyl sites for hydroxylation is 2. The van der Waals surface area contributed by atoms with Crippen LogP contribution < -0.4 is 10.1 Å². The van der Waals surface area contributed by atoms with Crippen molar-refractivity contribution >= 4 is 23.0 Å². The summed E-state index contributed by atoms with van der Waals surface area (Å²) in [5.74, 6) is 0.204. The number of rotatable bonds is 7. The zero-order valence-electron chi connectivity index (χ0n) is 17.7. The molecule has 1 aliphatic heterocycles. The molecule has 162 valence electrons. The van der Waals surface area contributed by atoms with E-state index in [1.54, 1.807) is 6.07 Å². The highest BCUT2D eigenvalue weighted by Crippen LogP contribution is 2.42. The number of Topliss-reactive ketones (excluding diaryl/α,β-unsaturated/α-hetero) is 1. The number of carbonyl (C=O) groups is 2. The minimum absolute atomic E-state index is 0.0217. The molecule has 3 aromatic rings. The van der Waals surface area contributed by atoms with E-state index >= 15 is 0 Å². The van der Waals surface area contributed by atoms with Crippen LogP contribution in [-0.2, 0) is 17.6 Å². The van der Waals surface area contributed by atoms with Crippen LogP contribution in [0.1, 0.15) is 45.5 Å². The number of aromatic nitrogens is 2. The monoisotopic (exact) mass is 441 g/mol. The second-order valence-electron chi connectivity index (χ2n) is 7.82. The number of hydrogen-bond acceptors (Lipinski definition) is 5. The topological polar surface area (TPSA) is 84.1 Å². The van der Waals surface area contributed by atoms with Crippen molar-refractivity contribution in [2.24, 2.45) is 0 Å². The smallest absolute Gasteiger partial charge is 0.220 e. The molecule has 1 amide bonds. The van der Waals surface area contributed by atoms with Crippen LogP contribution in [0.25, 0.3) is 10.4 Å². The minimum atomic E-state index is -0.342. The van der Waals surface area contributed by atoms with E-state index in [1.165, 1.54) is 30.4 Å². The van der Waals surface area contributed by atoms with Crippen molar-refractivity contribution in [3.8, 4) is 16.2 Å². The Balaban J connectivity index is 1.39. The zero-order chi connectivity index (χ0) is 22.1. The van der Waals surface area contributed by atoms with E-state index < -0.39 is 0 Å². The van der Waals surface area contributed by atoms with Gasteiger partial charge in [-0.2, -0.15) is 5.10 Å². The van der Waals surface area contributed by atoms with Gasteiger partial charge in [-0.05, 0) is 57.0 Å². The molecule has 4 rings (SSSR count). The minimum Gasteiger partial charge on any atom is -0.487 e. The highest BCUT2D eigenvalue weighted by molar-refractivity contribution is 7.17. The Bertz CT molecular complexity index is 1130. The van der Waals surface area contributed by atoms with Crippen molar-refractivity contribution in [2.45, 2.75) is 46.1 Å². The predicted octanol–water partition coefficient (Wildman–Crippen LogP) is 4.15. The number of fused-ring (bicyclic) bond motifs is 1. The van der Waals surface area contributed by atoms with E-state index in [4.69, 9.17) is 4.74 Å². The maximum Gasteiger partial charge on any atom is 0.220 e. The number of aromatic amines is 1. The number of benzene rings is 1. The quantitative estimate of drug-likeness (QED) is 0.540. The van der Waals surface area contributed by atoms with Gasteiger partial charge in [0.25, 0.3) is 0 Å². The largest absolute Gasteiger partial charge is 0.487 e. The molecule has 1 aliphatic rings. The first-order valence-corrected chi connectivity index (χ1v) is 11.0. The van der Waals surface area contributed by atoms with E-state index in [0.717, 1.165) is 27.4 Å². The third-order valence-electron chi connectivity index (χ3n) is 5.49. The first kappa shape index (κ1) is 21.2. The Hall–Kier alpha value is -3.00. The summed E-state index contributed by atoms with van der Waals surface area (Å²) in [6.45, 7) is 5.72. The van der Waals surface area contributed by atoms with Crippen LogP contribution in [0.2, 0.25) is 0 Å². The van der Waals surface area contributed by atoms with Crippen LogP contribution in [0.3, 0.4) is 0 Å². The van der Waals surface area contributed by atoms with Gasteiger partial charge in [0, 0.05) is 34.5 Å². The third-order valence-corrected chi connectivity index (χ3v) is 6.71. The molecule has 1 aromatic carbocycles. The highest BCUT2D eigenvalue weighted by Gasteiger charge is 2.28. The lowest BCUT2D eigenvalue weighted by Crippen LogP contribution is -2.34. The van der Waals surface area contributed by atoms with Gasteiger partial charge in [0.2, 0.25) is 5.91 Å². The van der Waals surface area contributed by atoms with Crippen LogP contribution in [-0.4, -0.2) is 34.5 Å². The van der Waals surface area contributed by atoms with Crippen LogP contribution in [0.5, 0.6) is 5.75 Å². The van der Waals surface area contributed by atoms with Gasteiger partial charge in [-0.3, -0.25) is 14.7 Å². The molecule has 0 spiro atoms. The van der Waals surface area contributed by atoms with Crippen LogP contribution in [0.4, 0.5) is 4.39 Å². The SMILES string of the molecule is CC(=O)c1ccc(-c2cc(F)cc3c2O[C@H](CNC(=O)CCc2c(C)n[nH]c2C)C3)s1. The third kappa shape index (κ3) is 4.54. The highest BCUT2D eigenvalue weighted by atomic mass is 32.1. The molecule has 3 heterocycles. The van der Waals surface area contributed by atoms with Crippen molar-refractivity contribution < 1.29 is 18.7 Å². The van der Waals surface area contributed by atoms with Crippen molar-refractivity contribution in [2.75, 3.05) is 6.54 Å². The van der Waals surface area contributed by atoms with Crippen LogP contribution in [0, 0.1) is 19.7 Å². The molecule has 0 bridgehead atoms. The van der Waals surface area contributed by atoms with Gasteiger partial charge in [-0.1, -0.05) is 0 Å². The van der Waals surface area contributed by atoms with E-state index in [1.807, 2.05) is 19.9 Å². The number of amides is 1. The van der Waals surface area contributed by atoms with Gasteiger partial charge in [-0.25, -0.2) is 4.39 Å². The fourth-order valence-corrected chi connectivity index (χ4v) is 4.77. The molecule has 0 aliphatic carbocycles. The molecule has 2 N–H and O–H groups in total. The van der Waals surface area contributed by atoms with E-state index in [0.29, 0.717) is 42.0 Å². The number of nitrogens with one attached hydrogen (secondary N) is 2. The maximum atomic E-state index is 14.2. The first-order valence-electron chi connectivity index (χ1n) is 10.2. The Morgan fingerprint density at radius 2 is 2.13 bits per heavy atom. The second kappa shape index (κ2) is 8.63. The molecule has 8 heteroatoms. The van der Waals surface area contributed by atoms with Crippen molar-refractivity contribution in [3.05, 3.63) is 57.5 Å². The van der Waals surface area contributed by atoms with Crippen LogP contribution in [0.15, 0.2) is 24.3 Å². The zero-order valence-corrected chi connectivity index (χ0v) is 18.5. The van der Waals surface area contributed by atoms with Crippen molar-refractivity contribution in [3.63, 3.8) is 0 Å². The van der Waals surface area contributed by atoms with Gasteiger partial charge < -0.3 is 10.1 Å². The molecule has 0 saturated heterocycles. The van der Waals surface area contributed by atoms with Crippen LogP contribution >= 0.6 is 11.3 Å². The molecule has 0 fully saturated rings. The summed E-state index contributed by atoms with van der Waals surface area (Å²) >= 11 is 1.32. The van der Waals surface area contributed by atoms with Gasteiger partial charge in [0.15, 0.2) is 5.78 Å². The summed E-state index contributed by atoms with van der Waals surface area (Å²) < 4.78 is 20.3. The normalized spacial score (nSPS) is 14.9. The van der Waals surface area contributed by atoms with Gasteiger partial charge in [0.05, 0.1) is 17.1 Å². The van der Waals surface area contributed by atoms with Gasteiger partial charge in [0.1, 0.15) is 17.7 Å². The summed E-state index contributed by atoms with van der Waals surface area (Å²) in [5.41, 5.74) is 4.39. The molecule has 1 atom stereocenters. The number of hydrogen-bond donors (Lipinski definition) is 2. The lowest BCUT2D eigenvalue weighted by atomic mass is 10.0. The second-order valence-corrected chi connectivity index (χ2v) is 8.91. The van der Waals surface area contributed by atoms with E-state index in [2.05, 4.69) is 15.5 Å². The lowest BCUT2D eigenvalue weighted by Gasteiger charge is -2.13. The average Bonchev–Trinajstić information content (AvgIpc) is 3.43. The number of nitrogens with zero attached hydrogens (tertiary/aromatic N) is 1. The molecule has 0 unspecified atom stereocenters. The number of ketones is 1.